The van der Waals surface area contributed by atoms with Gasteiger partial charge in [0.15, 0.2) is 0 Å². The number of nitro benzene ring substituents is 1. The highest BCUT2D eigenvalue weighted by Crippen LogP contribution is 2.12. The Kier molecular flexibility index (Phi) is 5.99. The first kappa shape index (κ1) is 17.9. The molecule has 0 radical (unpaired) electrons. The lowest BCUT2D eigenvalue weighted by atomic mass is 10.2. The van der Waals surface area contributed by atoms with Crippen molar-refractivity contribution in [3.63, 3.8) is 0 Å². The molecule has 2 rings (SSSR count). The van der Waals surface area contributed by atoms with Crippen LogP contribution in [-0.2, 0) is 11.3 Å². The van der Waals surface area contributed by atoms with Crippen LogP contribution in [-0.4, -0.2) is 22.4 Å². The fraction of sp³-hybridized carbons (Fsp3) is 0.188. The maximum absolute atomic E-state index is 11.9. The number of carbonyl (C=O) groups is 2. The Labute approximate surface area is 142 Å². The number of hydrogen-bond donors (Lipinski definition) is 2. The van der Waals surface area contributed by atoms with Gasteiger partial charge in [0, 0.05) is 23.4 Å². The van der Waals surface area contributed by atoms with Crippen molar-refractivity contribution in [2.24, 2.45) is 5.10 Å². The van der Waals surface area contributed by atoms with Crippen LogP contribution in [0.2, 0.25) is 0 Å². The number of nitro groups is 1. The summed E-state index contributed by atoms with van der Waals surface area (Å²) in [6.07, 6.45) is 1.51. The van der Waals surface area contributed by atoms with E-state index < -0.39 is 10.8 Å². The number of carbonyl (C=O) groups excluding carboxylic acids is 2. The molecule has 0 aliphatic carbocycles. The Balaban J connectivity index is 1.85. The number of hydrogen-bond acceptors (Lipinski definition) is 6. The van der Waals surface area contributed by atoms with Gasteiger partial charge < -0.3 is 9.73 Å². The summed E-state index contributed by atoms with van der Waals surface area (Å²) in [5.74, 6) is -0.247. The minimum absolute atomic E-state index is 0.00404. The van der Waals surface area contributed by atoms with E-state index in [4.69, 9.17) is 4.42 Å². The predicted octanol–water partition coefficient (Wildman–Crippen LogP) is 2.00. The van der Waals surface area contributed by atoms with Gasteiger partial charge in [-0.1, -0.05) is 6.07 Å². The topological polar surface area (TPSA) is 127 Å². The molecule has 130 valence electrons. The molecule has 2 N–H and O–H groups in total. The Morgan fingerprint density at radius 1 is 1.28 bits per heavy atom. The Bertz CT molecular complexity index is 799. The van der Waals surface area contributed by atoms with Gasteiger partial charge in [-0.2, -0.15) is 5.10 Å². The summed E-state index contributed by atoms with van der Waals surface area (Å²) in [4.78, 5) is 33.8. The first-order chi connectivity index (χ1) is 12.0. The van der Waals surface area contributed by atoms with E-state index in [0.29, 0.717) is 11.5 Å². The van der Waals surface area contributed by atoms with E-state index in [1.54, 1.807) is 19.1 Å². The summed E-state index contributed by atoms with van der Waals surface area (Å²) in [7, 11) is 0. The summed E-state index contributed by atoms with van der Waals surface area (Å²) in [6, 6.07) is 8.73. The highest BCUT2D eigenvalue weighted by Gasteiger charge is 2.11. The molecule has 1 aromatic heterocycles. The Morgan fingerprint density at radius 2 is 2.08 bits per heavy atom. The molecule has 25 heavy (non-hydrogen) atoms. The van der Waals surface area contributed by atoms with Gasteiger partial charge in [-0.05, 0) is 25.1 Å². The van der Waals surface area contributed by atoms with Crippen LogP contribution < -0.4 is 10.7 Å². The second kappa shape index (κ2) is 8.39. The highest BCUT2D eigenvalue weighted by atomic mass is 16.6. The molecule has 1 aromatic carbocycles. The molecule has 0 aliphatic rings. The van der Waals surface area contributed by atoms with Crippen molar-refractivity contribution in [1.29, 1.82) is 0 Å². The summed E-state index contributed by atoms with van der Waals surface area (Å²) in [5.41, 5.74) is 2.57. The van der Waals surface area contributed by atoms with Crippen LogP contribution in [0.5, 0.6) is 0 Å². The number of rotatable bonds is 7. The van der Waals surface area contributed by atoms with Gasteiger partial charge in [0.05, 0.1) is 24.2 Å². The van der Waals surface area contributed by atoms with Gasteiger partial charge in [0.2, 0.25) is 5.91 Å². The molecule has 0 fully saturated rings. The second-order valence-electron chi connectivity index (χ2n) is 5.13. The van der Waals surface area contributed by atoms with Crippen LogP contribution >= 0.6 is 0 Å². The maximum atomic E-state index is 11.9. The van der Waals surface area contributed by atoms with Crippen molar-refractivity contribution in [3.8, 4) is 0 Å². The van der Waals surface area contributed by atoms with Gasteiger partial charge in [0.1, 0.15) is 5.76 Å². The fourth-order valence-corrected chi connectivity index (χ4v) is 1.90. The maximum Gasteiger partial charge on any atom is 0.271 e. The standard InChI is InChI=1S/C16H16N4O5/c1-11(8-15(21)17-10-14-6-3-7-25-14)18-19-16(22)12-4-2-5-13(9-12)20(23)24/h2-7,9H,8,10H2,1H3,(H,17,21)(H,19,22)/b18-11+. The number of furan rings is 1. The van der Waals surface area contributed by atoms with Crippen LogP contribution in [0.4, 0.5) is 5.69 Å². The van der Waals surface area contributed by atoms with Crippen molar-refractivity contribution in [2.45, 2.75) is 19.9 Å². The minimum atomic E-state index is -0.598. The quantitative estimate of drug-likeness (QED) is 0.451. The molecule has 0 unspecified atom stereocenters. The fourth-order valence-electron chi connectivity index (χ4n) is 1.90. The van der Waals surface area contributed by atoms with Crippen molar-refractivity contribution >= 4 is 23.2 Å². The molecule has 0 bridgehead atoms. The first-order valence-electron chi connectivity index (χ1n) is 7.32. The molecule has 0 aliphatic heterocycles. The van der Waals surface area contributed by atoms with Gasteiger partial charge in [-0.25, -0.2) is 5.43 Å². The Morgan fingerprint density at radius 3 is 2.76 bits per heavy atom. The smallest absolute Gasteiger partial charge is 0.271 e. The number of non-ortho nitro benzene ring substituents is 1. The van der Waals surface area contributed by atoms with Crippen LogP contribution in [0, 0.1) is 10.1 Å². The van der Waals surface area contributed by atoms with Gasteiger partial charge in [-0.3, -0.25) is 19.7 Å². The number of nitrogens with one attached hydrogen (secondary N) is 2. The monoisotopic (exact) mass is 344 g/mol. The molecule has 2 amide bonds. The SMILES string of the molecule is C/C(CC(=O)NCc1ccco1)=N\NC(=O)c1cccc([N+](=O)[O-])c1. The van der Waals surface area contributed by atoms with E-state index >= 15 is 0 Å². The first-order valence-corrected chi connectivity index (χ1v) is 7.32. The molecular formula is C16H16N4O5. The molecule has 0 atom stereocenters. The summed E-state index contributed by atoms with van der Waals surface area (Å²) >= 11 is 0. The van der Waals surface area contributed by atoms with Gasteiger partial charge in [0.25, 0.3) is 11.6 Å². The van der Waals surface area contributed by atoms with Gasteiger partial charge >= 0.3 is 0 Å². The van der Waals surface area contributed by atoms with Crippen molar-refractivity contribution in [1.82, 2.24) is 10.7 Å². The van der Waals surface area contributed by atoms with Gasteiger partial charge in [-0.15, -0.1) is 0 Å². The molecule has 9 nitrogen and oxygen atoms in total. The van der Waals surface area contributed by atoms with Crippen LogP contribution in [0.25, 0.3) is 0 Å². The second-order valence-corrected chi connectivity index (χ2v) is 5.13. The molecule has 2 aromatic rings. The van der Waals surface area contributed by atoms with E-state index in [9.17, 15) is 19.7 Å². The zero-order chi connectivity index (χ0) is 18.2. The largest absolute Gasteiger partial charge is 0.467 e. The van der Waals surface area contributed by atoms with E-state index in [2.05, 4.69) is 15.8 Å². The zero-order valence-electron chi connectivity index (χ0n) is 13.4. The number of hydrazone groups is 1. The van der Waals surface area contributed by atoms with Crippen LogP contribution in [0.3, 0.4) is 0 Å². The lowest BCUT2D eigenvalue weighted by Gasteiger charge is -2.04. The summed E-state index contributed by atoms with van der Waals surface area (Å²) in [5, 5.41) is 17.2. The van der Waals surface area contributed by atoms with E-state index in [0.717, 1.165) is 6.07 Å². The van der Waals surface area contributed by atoms with Crippen molar-refractivity contribution in [3.05, 3.63) is 64.1 Å². The predicted molar refractivity (Wildman–Crippen MR) is 88.8 cm³/mol. The molecule has 0 saturated heterocycles. The van der Waals surface area contributed by atoms with E-state index in [1.165, 1.54) is 24.5 Å². The van der Waals surface area contributed by atoms with Crippen LogP contribution in [0.1, 0.15) is 29.5 Å². The van der Waals surface area contributed by atoms with E-state index in [-0.39, 0.29) is 30.1 Å². The number of benzene rings is 1. The third kappa shape index (κ3) is 5.57. The number of nitrogens with zero attached hydrogens (tertiary/aromatic N) is 2. The molecular weight excluding hydrogens is 328 g/mol. The third-order valence-corrected chi connectivity index (χ3v) is 3.12. The summed E-state index contributed by atoms with van der Waals surface area (Å²) in [6.45, 7) is 1.85. The third-order valence-electron chi connectivity index (χ3n) is 3.12. The molecule has 1 heterocycles. The molecule has 0 saturated carbocycles. The van der Waals surface area contributed by atoms with E-state index in [1.807, 2.05) is 0 Å². The lowest BCUT2D eigenvalue weighted by Crippen LogP contribution is -2.26. The lowest BCUT2D eigenvalue weighted by molar-refractivity contribution is -0.384. The summed E-state index contributed by atoms with van der Waals surface area (Å²) < 4.78 is 5.09. The molecule has 0 spiro atoms. The number of amides is 2. The van der Waals surface area contributed by atoms with Crippen molar-refractivity contribution in [2.75, 3.05) is 0 Å². The minimum Gasteiger partial charge on any atom is -0.467 e. The Hall–Kier alpha value is -3.49. The highest BCUT2D eigenvalue weighted by molar-refractivity contribution is 6.01. The normalized spacial score (nSPS) is 11.0. The average molecular weight is 344 g/mol. The molecule has 9 heteroatoms. The van der Waals surface area contributed by atoms with Crippen molar-refractivity contribution < 1.29 is 18.9 Å². The zero-order valence-corrected chi connectivity index (χ0v) is 13.4. The average Bonchev–Trinajstić information content (AvgIpc) is 3.11. The van der Waals surface area contributed by atoms with Crippen LogP contribution in [0.15, 0.2) is 52.2 Å².